The third-order valence-electron chi connectivity index (χ3n) is 10.1. The van der Waals surface area contributed by atoms with E-state index in [9.17, 15) is 30.3 Å². The van der Waals surface area contributed by atoms with Crippen LogP contribution in [0.4, 0.5) is 0 Å². The molecule has 9 heteroatoms. The number of carbonyl (C=O) groups excluding carboxylic acids is 1. The van der Waals surface area contributed by atoms with E-state index in [1.807, 2.05) is 0 Å². The molecule has 0 aliphatic carbocycles. The van der Waals surface area contributed by atoms with Crippen LogP contribution in [0.3, 0.4) is 0 Å². The minimum absolute atomic E-state index is 0.145. The van der Waals surface area contributed by atoms with Crippen molar-refractivity contribution in [1.82, 2.24) is 5.32 Å². The van der Waals surface area contributed by atoms with Gasteiger partial charge in [-0.1, -0.05) is 164 Å². The molecular weight excluding hydrogens is 695 g/mol. The monoisotopic (exact) mass is 776 g/mol. The number of amides is 1. The Morgan fingerprint density at radius 1 is 0.636 bits per heavy atom. The molecule has 1 aliphatic heterocycles. The lowest BCUT2D eigenvalue weighted by Crippen LogP contribution is -2.60. The summed E-state index contributed by atoms with van der Waals surface area (Å²) in [5, 5.41) is 53.5. The van der Waals surface area contributed by atoms with Gasteiger partial charge in [0.25, 0.3) is 0 Å². The summed E-state index contributed by atoms with van der Waals surface area (Å²) in [6.45, 7) is 3.53. The van der Waals surface area contributed by atoms with E-state index in [-0.39, 0.29) is 12.5 Å². The zero-order chi connectivity index (χ0) is 40.2. The van der Waals surface area contributed by atoms with E-state index in [0.29, 0.717) is 12.8 Å². The molecule has 0 aromatic heterocycles. The van der Waals surface area contributed by atoms with E-state index >= 15 is 0 Å². The molecule has 1 aliphatic rings. The lowest BCUT2D eigenvalue weighted by molar-refractivity contribution is -0.302. The first-order valence-corrected chi connectivity index (χ1v) is 22.0. The Balaban J connectivity index is 2.05. The number of hydrogen-bond acceptors (Lipinski definition) is 8. The number of unbranched alkanes of at least 4 members (excludes halogenated alkanes) is 15. The van der Waals surface area contributed by atoms with Crippen LogP contribution >= 0.6 is 0 Å². The number of aliphatic hydroxyl groups excluding tert-OH is 5. The number of nitrogens with one attached hydrogen (secondary N) is 1. The summed E-state index contributed by atoms with van der Waals surface area (Å²) >= 11 is 0. The number of carbonyl (C=O) groups is 1. The summed E-state index contributed by atoms with van der Waals surface area (Å²) in [6, 6.07) is -0.716. The molecule has 1 heterocycles. The van der Waals surface area contributed by atoms with Crippen molar-refractivity contribution >= 4 is 5.91 Å². The van der Waals surface area contributed by atoms with Gasteiger partial charge in [0.1, 0.15) is 24.4 Å². The van der Waals surface area contributed by atoms with Gasteiger partial charge in [0, 0.05) is 6.42 Å². The van der Waals surface area contributed by atoms with E-state index < -0.39 is 49.5 Å². The summed E-state index contributed by atoms with van der Waals surface area (Å²) < 4.78 is 11.1. The van der Waals surface area contributed by atoms with Gasteiger partial charge in [-0.2, -0.15) is 0 Å². The first kappa shape index (κ1) is 50.9. The molecule has 1 amide bonds. The Kier molecular flexibility index (Phi) is 33.5. The van der Waals surface area contributed by atoms with Crippen LogP contribution in [0, 0.1) is 0 Å². The van der Waals surface area contributed by atoms with Crippen molar-refractivity contribution in [3.05, 3.63) is 60.8 Å². The van der Waals surface area contributed by atoms with E-state index in [1.54, 1.807) is 0 Å². The third-order valence-corrected chi connectivity index (χ3v) is 10.1. The Morgan fingerprint density at radius 2 is 1.13 bits per heavy atom. The second-order valence-electron chi connectivity index (χ2n) is 15.1. The Labute approximate surface area is 335 Å². The molecule has 1 saturated heterocycles. The van der Waals surface area contributed by atoms with Crippen LogP contribution in [0.25, 0.3) is 0 Å². The minimum Gasteiger partial charge on any atom is -0.394 e. The van der Waals surface area contributed by atoms with Gasteiger partial charge in [0.2, 0.25) is 5.91 Å². The van der Waals surface area contributed by atoms with E-state index in [2.05, 4.69) is 79.9 Å². The van der Waals surface area contributed by atoms with Crippen molar-refractivity contribution in [1.29, 1.82) is 0 Å². The molecule has 7 atom stereocenters. The zero-order valence-corrected chi connectivity index (χ0v) is 34.7. The Bertz CT molecular complexity index is 1040. The van der Waals surface area contributed by atoms with Gasteiger partial charge >= 0.3 is 0 Å². The van der Waals surface area contributed by atoms with Gasteiger partial charge in [0.05, 0.1) is 25.4 Å². The smallest absolute Gasteiger partial charge is 0.220 e. The van der Waals surface area contributed by atoms with Crippen LogP contribution in [0.15, 0.2) is 60.8 Å². The first-order valence-electron chi connectivity index (χ1n) is 22.0. The van der Waals surface area contributed by atoms with Gasteiger partial charge in [0.15, 0.2) is 6.29 Å². The van der Waals surface area contributed by atoms with Crippen LogP contribution in [-0.4, -0.2) is 87.5 Å². The van der Waals surface area contributed by atoms with E-state index in [0.717, 1.165) is 70.6 Å². The molecule has 0 bridgehead atoms. The van der Waals surface area contributed by atoms with Crippen LogP contribution in [0.5, 0.6) is 0 Å². The first-order chi connectivity index (χ1) is 26.8. The number of ether oxygens (including phenoxy) is 2. The Hall–Kier alpha value is -2.11. The highest BCUT2D eigenvalue weighted by molar-refractivity contribution is 5.76. The number of allylic oxidation sites excluding steroid dienone is 10. The van der Waals surface area contributed by atoms with Crippen molar-refractivity contribution in [2.24, 2.45) is 0 Å². The van der Waals surface area contributed by atoms with Crippen LogP contribution in [0.2, 0.25) is 0 Å². The van der Waals surface area contributed by atoms with Crippen LogP contribution < -0.4 is 5.32 Å². The minimum atomic E-state index is -1.55. The molecular formula is C46H81NO8. The van der Waals surface area contributed by atoms with Crippen LogP contribution in [0.1, 0.15) is 168 Å². The predicted molar refractivity (Wildman–Crippen MR) is 226 cm³/mol. The quantitative estimate of drug-likeness (QED) is 0.0277. The van der Waals surface area contributed by atoms with Gasteiger partial charge in [-0.05, 0) is 57.8 Å². The molecule has 0 radical (unpaired) electrons. The highest BCUT2D eigenvalue weighted by atomic mass is 16.7. The fourth-order valence-corrected chi connectivity index (χ4v) is 6.60. The van der Waals surface area contributed by atoms with E-state index in [1.165, 1.54) is 70.6 Å². The molecule has 6 N–H and O–H groups in total. The molecule has 7 unspecified atom stereocenters. The van der Waals surface area contributed by atoms with Crippen LogP contribution in [-0.2, 0) is 14.3 Å². The SMILES string of the molecule is CC/C=C\C/C=C\C/C=C\C/C=C\C/C=C\CCCCCCCCCCCCCCCC(=O)NC(COC1OC(CO)C(O)C(O)C1O)C(O)CCCCC. The summed E-state index contributed by atoms with van der Waals surface area (Å²) in [5.74, 6) is -0.161. The summed E-state index contributed by atoms with van der Waals surface area (Å²) in [5.41, 5.74) is 0. The average molecular weight is 776 g/mol. The molecule has 318 valence electrons. The second-order valence-corrected chi connectivity index (χ2v) is 15.1. The largest absolute Gasteiger partial charge is 0.394 e. The topological polar surface area (TPSA) is 149 Å². The fraction of sp³-hybridized carbons (Fsp3) is 0.761. The number of aliphatic hydroxyl groups is 5. The zero-order valence-electron chi connectivity index (χ0n) is 34.7. The highest BCUT2D eigenvalue weighted by Gasteiger charge is 2.44. The number of rotatable bonds is 35. The van der Waals surface area contributed by atoms with E-state index in [4.69, 9.17) is 9.47 Å². The van der Waals surface area contributed by atoms with Gasteiger partial charge in [-0.3, -0.25) is 4.79 Å². The second kappa shape index (κ2) is 36.2. The molecule has 0 saturated carbocycles. The molecule has 9 nitrogen and oxygen atoms in total. The highest BCUT2D eigenvalue weighted by Crippen LogP contribution is 2.23. The molecule has 55 heavy (non-hydrogen) atoms. The predicted octanol–water partition coefficient (Wildman–Crippen LogP) is 8.83. The standard InChI is InChI=1S/C46H81NO8/c1-3-5-7-8-9-10-11-12-13-14-15-16-17-18-19-20-21-22-23-24-25-26-27-28-29-30-31-32-34-36-42(50)47-39(40(49)35-33-6-4-2)38-54-46-45(53)44(52)43(51)41(37-48)55-46/h5,7,9-10,12-13,15-16,18-19,39-41,43-46,48-49,51-53H,3-4,6,8,11,14,17,20-38H2,1-2H3,(H,47,50)/b7-5-,10-9-,13-12-,16-15-,19-18-. The molecule has 1 fully saturated rings. The maximum atomic E-state index is 12.8. The van der Waals surface area contributed by atoms with Crippen molar-refractivity contribution in [2.45, 2.75) is 211 Å². The fourth-order valence-electron chi connectivity index (χ4n) is 6.60. The molecule has 1 rings (SSSR count). The van der Waals surface area contributed by atoms with Gasteiger partial charge in [-0.15, -0.1) is 0 Å². The summed E-state index contributed by atoms with van der Waals surface area (Å²) in [4.78, 5) is 12.8. The third kappa shape index (κ3) is 27.2. The lowest BCUT2D eigenvalue weighted by atomic mass is 9.99. The molecule has 0 aromatic rings. The average Bonchev–Trinajstić information content (AvgIpc) is 3.18. The normalized spacial score (nSPS) is 21.9. The molecule has 0 spiro atoms. The Morgan fingerprint density at radius 3 is 1.64 bits per heavy atom. The number of hydrogen-bond donors (Lipinski definition) is 6. The van der Waals surface area contributed by atoms with Crippen molar-refractivity contribution in [3.63, 3.8) is 0 Å². The lowest BCUT2D eigenvalue weighted by Gasteiger charge is -2.40. The maximum absolute atomic E-state index is 12.8. The molecule has 0 aromatic carbocycles. The summed E-state index contributed by atoms with van der Waals surface area (Å²) in [7, 11) is 0. The van der Waals surface area contributed by atoms with Gasteiger partial charge < -0.3 is 40.3 Å². The van der Waals surface area contributed by atoms with Crippen molar-refractivity contribution < 1.29 is 39.8 Å². The summed E-state index contributed by atoms with van der Waals surface area (Å²) in [6.07, 6.45) is 40.5. The van der Waals surface area contributed by atoms with Gasteiger partial charge in [-0.25, -0.2) is 0 Å². The van der Waals surface area contributed by atoms with Crippen molar-refractivity contribution in [2.75, 3.05) is 13.2 Å². The van der Waals surface area contributed by atoms with Crippen molar-refractivity contribution in [3.8, 4) is 0 Å². The maximum Gasteiger partial charge on any atom is 0.220 e.